The maximum absolute atomic E-state index is 12.4. The predicted octanol–water partition coefficient (Wildman–Crippen LogP) is 1.10. The van der Waals surface area contributed by atoms with E-state index in [0.29, 0.717) is 31.9 Å². The van der Waals surface area contributed by atoms with Crippen LogP contribution in [0.3, 0.4) is 0 Å². The van der Waals surface area contributed by atoms with Gasteiger partial charge in [-0.3, -0.25) is 19.7 Å². The Hall–Kier alpha value is -3.17. The molecule has 1 aromatic rings. The molecule has 1 aliphatic heterocycles. The van der Waals surface area contributed by atoms with E-state index in [0.717, 1.165) is 6.07 Å². The molecule has 10 heteroatoms. The lowest BCUT2D eigenvalue weighted by atomic mass is 10.0. The second kappa shape index (κ2) is 8.68. The Morgan fingerprint density at radius 3 is 2.25 bits per heavy atom. The van der Waals surface area contributed by atoms with E-state index in [1.54, 1.807) is 23.6 Å². The molecule has 0 aromatic heterocycles. The SMILES string of the molecule is CC(=O)N1CCN(c2ccc(C(=O)N[C@H](C(=O)O)C(C)C)cc2[N+](=O)[O-])CC1. The van der Waals surface area contributed by atoms with E-state index in [1.165, 1.54) is 19.1 Å². The predicted molar refractivity (Wildman–Crippen MR) is 101 cm³/mol. The highest BCUT2D eigenvalue weighted by atomic mass is 16.6. The highest BCUT2D eigenvalue weighted by molar-refractivity contribution is 5.98. The van der Waals surface area contributed by atoms with Crippen LogP contribution in [0.5, 0.6) is 0 Å². The number of nitrogens with one attached hydrogen (secondary N) is 1. The summed E-state index contributed by atoms with van der Waals surface area (Å²) < 4.78 is 0. The number of nitro groups is 1. The van der Waals surface area contributed by atoms with Crippen LogP contribution in [0.4, 0.5) is 11.4 Å². The second-order valence-electron chi connectivity index (χ2n) is 6.99. The number of hydrogen-bond acceptors (Lipinski definition) is 6. The van der Waals surface area contributed by atoms with E-state index in [9.17, 15) is 29.6 Å². The minimum absolute atomic E-state index is 0.0183. The zero-order valence-corrected chi connectivity index (χ0v) is 16.0. The van der Waals surface area contributed by atoms with Crippen molar-refractivity contribution in [2.24, 2.45) is 5.92 Å². The summed E-state index contributed by atoms with van der Waals surface area (Å²) in [5.41, 5.74) is 0.147. The zero-order valence-electron chi connectivity index (χ0n) is 16.0. The fourth-order valence-electron chi connectivity index (χ4n) is 3.08. The van der Waals surface area contributed by atoms with Gasteiger partial charge in [0.2, 0.25) is 5.91 Å². The molecular weight excluding hydrogens is 368 g/mol. The molecule has 0 saturated carbocycles. The van der Waals surface area contributed by atoms with Crippen LogP contribution in [0.25, 0.3) is 0 Å². The number of anilines is 1. The molecule has 0 unspecified atom stereocenters. The average Bonchev–Trinajstić information content (AvgIpc) is 2.64. The van der Waals surface area contributed by atoms with Crippen molar-refractivity contribution < 1.29 is 24.4 Å². The normalized spacial score (nSPS) is 15.3. The van der Waals surface area contributed by atoms with Crippen molar-refractivity contribution in [1.82, 2.24) is 10.2 Å². The number of amides is 2. The van der Waals surface area contributed by atoms with E-state index >= 15 is 0 Å². The molecule has 2 rings (SSSR count). The van der Waals surface area contributed by atoms with Crippen LogP contribution < -0.4 is 10.2 Å². The minimum Gasteiger partial charge on any atom is -0.480 e. The van der Waals surface area contributed by atoms with Crippen LogP contribution in [0.1, 0.15) is 31.1 Å². The van der Waals surface area contributed by atoms with E-state index < -0.39 is 22.8 Å². The molecule has 1 fully saturated rings. The number of nitrogens with zero attached hydrogens (tertiary/aromatic N) is 3. The molecule has 0 radical (unpaired) electrons. The van der Waals surface area contributed by atoms with Gasteiger partial charge >= 0.3 is 5.97 Å². The van der Waals surface area contributed by atoms with Gasteiger partial charge in [0.25, 0.3) is 11.6 Å². The van der Waals surface area contributed by atoms with E-state index in [4.69, 9.17) is 0 Å². The molecule has 0 aliphatic carbocycles. The van der Waals surface area contributed by atoms with Crippen molar-refractivity contribution in [2.45, 2.75) is 26.8 Å². The highest BCUT2D eigenvalue weighted by Crippen LogP contribution is 2.30. The van der Waals surface area contributed by atoms with Gasteiger partial charge in [0, 0.05) is 44.7 Å². The van der Waals surface area contributed by atoms with Crippen molar-refractivity contribution in [2.75, 3.05) is 31.1 Å². The molecule has 2 amide bonds. The number of piperazine rings is 1. The summed E-state index contributed by atoms with van der Waals surface area (Å²) in [5.74, 6) is -2.23. The molecule has 0 bridgehead atoms. The zero-order chi connectivity index (χ0) is 21.0. The largest absolute Gasteiger partial charge is 0.480 e. The van der Waals surface area contributed by atoms with E-state index in [2.05, 4.69) is 5.32 Å². The molecule has 28 heavy (non-hydrogen) atoms. The third kappa shape index (κ3) is 4.76. The molecule has 1 heterocycles. The summed E-state index contributed by atoms with van der Waals surface area (Å²) in [5, 5.41) is 23.1. The van der Waals surface area contributed by atoms with E-state index in [-0.39, 0.29) is 23.1 Å². The van der Waals surface area contributed by atoms with Gasteiger partial charge in [-0.25, -0.2) is 4.79 Å². The summed E-state index contributed by atoms with van der Waals surface area (Å²) >= 11 is 0. The fraction of sp³-hybridized carbons (Fsp3) is 0.500. The van der Waals surface area contributed by atoms with Crippen LogP contribution in [0, 0.1) is 16.0 Å². The van der Waals surface area contributed by atoms with Crippen molar-refractivity contribution in [3.05, 3.63) is 33.9 Å². The van der Waals surface area contributed by atoms with Crippen molar-refractivity contribution in [3.63, 3.8) is 0 Å². The summed E-state index contributed by atoms with van der Waals surface area (Å²) in [7, 11) is 0. The van der Waals surface area contributed by atoms with Crippen molar-refractivity contribution >= 4 is 29.2 Å². The highest BCUT2D eigenvalue weighted by Gasteiger charge is 2.28. The van der Waals surface area contributed by atoms with Crippen molar-refractivity contribution in [1.29, 1.82) is 0 Å². The lowest BCUT2D eigenvalue weighted by Gasteiger charge is -2.35. The van der Waals surface area contributed by atoms with Crippen LogP contribution in [0.2, 0.25) is 0 Å². The summed E-state index contributed by atoms with van der Waals surface area (Å²) in [6.07, 6.45) is 0. The van der Waals surface area contributed by atoms with Crippen LogP contribution in [0.15, 0.2) is 18.2 Å². The molecule has 152 valence electrons. The number of hydrogen-bond donors (Lipinski definition) is 2. The number of carboxylic acid groups (broad SMARTS) is 1. The Labute approximate surface area is 162 Å². The van der Waals surface area contributed by atoms with Gasteiger partial charge in [-0.05, 0) is 18.1 Å². The quantitative estimate of drug-likeness (QED) is 0.547. The standard InChI is InChI=1S/C18H24N4O6/c1-11(2)16(18(25)26)19-17(24)13-4-5-14(15(10-13)22(27)28)21-8-6-20(7-9-21)12(3)23/h4-5,10-11,16H,6-9H2,1-3H3,(H,19,24)(H,25,26)/t16-/m0/s1. The molecule has 10 nitrogen and oxygen atoms in total. The van der Waals surface area contributed by atoms with Gasteiger partial charge in [0.1, 0.15) is 11.7 Å². The first-order chi connectivity index (χ1) is 13.1. The summed E-state index contributed by atoms with van der Waals surface area (Å²) in [4.78, 5) is 49.5. The molecule has 2 N–H and O–H groups in total. The lowest BCUT2D eigenvalue weighted by molar-refractivity contribution is -0.384. The Kier molecular flexibility index (Phi) is 6.55. The average molecular weight is 392 g/mol. The lowest BCUT2D eigenvalue weighted by Crippen LogP contribution is -2.48. The number of rotatable bonds is 6. The third-order valence-electron chi connectivity index (χ3n) is 4.72. The number of nitro benzene ring substituents is 1. The van der Waals surface area contributed by atoms with Gasteiger partial charge in [-0.15, -0.1) is 0 Å². The Morgan fingerprint density at radius 1 is 1.18 bits per heavy atom. The molecular formula is C18H24N4O6. The maximum atomic E-state index is 12.4. The number of carbonyl (C=O) groups is 3. The van der Waals surface area contributed by atoms with Crippen molar-refractivity contribution in [3.8, 4) is 0 Å². The van der Waals surface area contributed by atoms with Gasteiger partial charge in [-0.1, -0.05) is 13.8 Å². The minimum atomic E-state index is -1.17. The summed E-state index contributed by atoms with van der Waals surface area (Å²) in [6, 6.07) is 2.99. The first kappa shape index (κ1) is 21.1. The van der Waals surface area contributed by atoms with Gasteiger partial charge in [0.05, 0.1) is 4.92 Å². The van der Waals surface area contributed by atoms with Gasteiger partial charge in [0.15, 0.2) is 0 Å². The first-order valence-corrected chi connectivity index (χ1v) is 8.94. The second-order valence-corrected chi connectivity index (χ2v) is 6.99. The smallest absolute Gasteiger partial charge is 0.326 e. The number of benzene rings is 1. The molecule has 1 aliphatic rings. The topological polar surface area (TPSA) is 133 Å². The molecule has 1 aromatic carbocycles. The van der Waals surface area contributed by atoms with Gasteiger partial charge in [-0.2, -0.15) is 0 Å². The van der Waals surface area contributed by atoms with Crippen LogP contribution >= 0.6 is 0 Å². The number of aliphatic carboxylic acids is 1. The Morgan fingerprint density at radius 2 is 1.79 bits per heavy atom. The van der Waals surface area contributed by atoms with E-state index in [1.807, 2.05) is 0 Å². The Balaban J connectivity index is 2.23. The molecule has 1 saturated heterocycles. The molecule has 0 spiro atoms. The van der Waals surface area contributed by atoms with Crippen LogP contribution in [-0.2, 0) is 9.59 Å². The number of carboxylic acids is 1. The molecule has 1 atom stereocenters. The first-order valence-electron chi connectivity index (χ1n) is 8.94. The monoisotopic (exact) mass is 392 g/mol. The Bertz CT molecular complexity index is 786. The number of carbonyl (C=O) groups excluding carboxylic acids is 2. The van der Waals surface area contributed by atoms with Gasteiger partial charge < -0.3 is 20.2 Å². The van der Waals surface area contributed by atoms with Crippen LogP contribution in [-0.4, -0.2) is 64.9 Å². The summed E-state index contributed by atoms with van der Waals surface area (Å²) in [6.45, 7) is 6.61. The maximum Gasteiger partial charge on any atom is 0.326 e. The third-order valence-corrected chi connectivity index (χ3v) is 4.72. The fourth-order valence-corrected chi connectivity index (χ4v) is 3.08.